The van der Waals surface area contributed by atoms with Gasteiger partial charge in [-0.1, -0.05) is 12.1 Å². The third-order valence-corrected chi connectivity index (χ3v) is 1.93. The second-order valence-electron chi connectivity index (χ2n) is 3.61. The molecule has 0 heterocycles. The highest BCUT2D eigenvalue weighted by atomic mass is 19.4. The third-order valence-electron chi connectivity index (χ3n) is 1.93. The van der Waals surface area contributed by atoms with E-state index in [0.29, 0.717) is 0 Å². The minimum atomic E-state index is -4.52. The summed E-state index contributed by atoms with van der Waals surface area (Å²) >= 11 is 0. The Bertz CT molecular complexity index is 359. The number of hydrogen-bond acceptors (Lipinski definition) is 2. The Labute approximate surface area is 91.7 Å². The molecule has 0 amide bonds. The van der Waals surface area contributed by atoms with Gasteiger partial charge < -0.3 is 9.84 Å². The van der Waals surface area contributed by atoms with Gasteiger partial charge in [-0.3, -0.25) is 0 Å². The molecule has 16 heavy (non-hydrogen) atoms. The van der Waals surface area contributed by atoms with Crippen LogP contribution in [-0.4, -0.2) is 11.2 Å². The molecule has 2 nitrogen and oxygen atoms in total. The van der Waals surface area contributed by atoms with Crippen LogP contribution in [0.3, 0.4) is 0 Å². The Morgan fingerprint density at radius 1 is 1.31 bits per heavy atom. The van der Waals surface area contributed by atoms with Gasteiger partial charge in [0.05, 0.1) is 12.7 Å². The zero-order chi connectivity index (χ0) is 12.3. The lowest BCUT2D eigenvalue weighted by atomic mass is 10.1. The fraction of sp³-hybridized carbons (Fsp3) is 0.455. The summed E-state index contributed by atoms with van der Waals surface area (Å²) in [6.45, 7) is 2.63. The predicted octanol–water partition coefficient (Wildman–Crippen LogP) is 2.98. The van der Waals surface area contributed by atoms with Gasteiger partial charge in [-0.15, -0.1) is 0 Å². The summed E-state index contributed by atoms with van der Waals surface area (Å²) in [5, 5.41) is 8.88. The van der Waals surface area contributed by atoms with Gasteiger partial charge in [0, 0.05) is 0 Å². The van der Waals surface area contributed by atoms with Crippen molar-refractivity contribution in [1.82, 2.24) is 0 Å². The van der Waals surface area contributed by atoms with Gasteiger partial charge in [-0.05, 0) is 25.5 Å². The normalized spacial score (nSPS) is 11.9. The molecule has 1 N–H and O–H groups in total. The summed E-state index contributed by atoms with van der Waals surface area (Å²) in [5.41, 5.74) is -1.07. The SMILES string of the molecule is CC(C)Oc1cccc(CO)c1C(F)(F)F. The average molecular weight is 234 g/mol. The van der Waals surface area contributed by atoms with E-state index in [1.165, 1.54) is 18.2 Å². The Hall–Kier alpha value is -1.23. The number of aliphatic hydroxyl groups is 1. The maximum absolute atomic E-state index is 12.8. The van der Waals surface area contributed by atoms with Crippen LogP contribution >= 0.6 is 0 Å². The van der Waals surface area contributed by atoms with Crippen molar-refractivity contribution in [3.63, 3.8) is 0 Å². The molecule has 1 rings (SSSR count). The van der Waals surface area contributed by atoms with Crippen molar-refractivity contribution < 1.29 is 23.0 Å². The van der Waals surface area contributed by atoms with Gasteiger partial charge in [0.2, 0.25) is 0 Å². The quantitative estimate of drug-likeness (QED) is 0.871. The molecule has 0 aliphatic carbocycles. The zero-order valence-corrected chi connectivity index (χ0v) is 9.01. The summed E-state index contributed by atoms with van der Waals surface area (Å²) in [4.78, 5) is 0. The van der Waals surface area contributed by atoms with Crippen molar-refractivity contribution in [3.05, 3.63) is 29.3 Å². The monoisotopic (exact) mass is 234 g/mol. The number of halogens is 3. The highest BCUT2D eigenvalue weighted by Crippen LogP contribution is 2.39. The van der Waals surface area contributed by atoms with Gasteiger partial charge in [-0.25, -0.2) is 0 Å². The lowest BCUT2D eigenvalue weighted by Crippen LogP contribution is -2.15. The summed E-state index contributed by atoms with van der Waals surface area (Å²) in [7, 11) is 0. The minimum Gasteiger partial charge on any atom is -0.490 e. The molecule has 0 atom stereocenters. The van der Waals surface area contributed by atoms with Crippen LogP contribution in [-0.2, 0) is 12.8 Å². The van der Waals surface area contributed by atoms with E-state index in [0.717, 1.165) is 0 Å². The topological polar surface area (TPSA) is 29.5 Å². The van der Waals surface area contributed by atoms with Gasteiger partial charge in [0.1, 0.15) is 11.3 Å². The van der Waals surface area contributed by atoms with Gasteiger partial charge in [-0.2, -0.15) is 13.2 Å². The average Bonchev–Trinajstić information content (AvgIpc) is 2.14. The highest BCUT2D eigenvalue weighted by molar-refractivity contribution is 5.42. The number of hydrogen-bond donors (Lipinski definition) is 1. The first-order chi connectivity index (χ1) is 7.36. The maximum atomic E-state index is 12.8. The van der Waals surface area contributed by atoms with E-state index < -0.39 is 18.3 Å². The zero-order valence-electron chi connectivity index (χ0n) is 9.01. The molecule has 0 saturated carbocycles. The Morgan fingerprint density at radius 3 is 2.38 bits per heavy atom. The smallest absolute Gasteiger partial charge is 0.420 e. The number of alkyl halides is 3. The molecular weight excluding hydrogens is 221 g/mol. The van der Waals surface area contributed by atoms with Crippen LogP contribution in [0.2, 0.25) is 0 Å². The van der Waals surface area contributed by atoms with E-state index in [1.54, 1.807) is 13.8 Å². The summed E-state index contributed by atoms with van der Waals surface area (Å²) in [5.74, 6) is -0.242. The van der Waals surface area contributed by atoms with Crippen molar-refractivity contribution in [2.75, 3.05) is 0 Å². The molecule has 90 valence electrons. The van der Waals surface area contributed by atoms with Crippen molar-refractivity contribution in [2.45, 2.75) is 32.7 Å². The van der Waals surface area contributed by atoms with E-state index >= 15 is 0 Å². The summed E-state index contributed by atoms with van der Waals surface area (Å²) in [6, 6.07) is 3.91. The van der Waals surface area contributed by atoms with Crippen LogP contribution in [0.1, 0.15) is 25.0 Å². The molecule has 0 aliphatic rings. The van der Waals surface area contributed by atoms with E-state index in [2.05, 4.69) is 0 Å². The number of rotatable bonds is 3. The fourth-order valence-corrected chi connectivity index (χ4v) is 1.38. The lowest BCUT2D eigenvalue weighted by molar-refractivity contribution is -0.140. The molecule has 0 saturated heterocycles. The molecule has 1 aromatic rings. The second-order valence-corrected chi connectivity index (χ2v) is 3.61. The van der Waals surface area contributed by atoms with E-state index in [-0.39, 0.29) is 17.4 Å². The lowest BCUT2D eigenvalue weighted by Gasteiger charge is -2.18. The predicted molar refractivity (Wildman–Crippen MR) is 53.1 cm³/mol. The van der Waals surface area contributed by atoms with Crippen LogP contribution in [0.15, 0.2) is 18.2 Å². The Balaban J connectivity index is 3.26. The van der Waals surface area contributed by atoms with Crippen molar-refractivity contribution in [2.24, 2.45) is 0 Å². The first-order valence-corrected chi connectivity index (χ1v) is 4.83. The molecule has 0 spiro atoms. The number of benzene rings is 1. The van der Waals surface area contributed by atoms with Crippen molar-refractivity contribution >= 4 is 0 Å². The van der Waals surface area contributed by atoms with Crippen LogP contribution in [0, 0.1) is 0 Å². The van der Waals surface area contributed by atoms with Crippen molar-refractivity contribution in [3.8, 4) is 5.75 Å². The van der Waals surface area contributed by atoms with E-state index in [4.69, 9.17) is 9.84 Å². The molecule has 5 heteroatoms. The van der Waals surface area contributed by atoms with Gasteiger partial charge in [0.25, 0.3) is 0 Å². The van der Waals surface area contributed by atoms with Gasteiger partial charge >= 0.3 is 6.18 Å². The number of aliphatic hydroxyl groups excluding tert-OH is 1. The van der Waals surface area contributed by atoms with E-state index in [9.17, 15) is 13.2 Å². The van der Waals surface area contributed by atoms with Crippen LogP contribution in [0.25, 0.3) is 0 Å². The molecule has 0 bridgehead atoms. The van der Waals surface area contributed by atoms with Crippen LogP contribution in [0.4, 0.5) is 13.2 Å². The van der Waals surface area contributed by atoms with Crippen LogP contribution < -0.4 is 4.74 Å². The minimum absolute atomic E-state index is 0.175. The number of ether oxygens (including phenoxy) is 1. The molecule has 0 radical (unpaired) electrons. The van der Waals surface area contributed by atoms with Gasteiger partial charge in [0.15, 0.2) is 0 Å². The van der Waals surface area contributed by atoms with Crippen molar-refractivity contribution in [1.29, 1.82) is 0 Å². The summed E-state index contributed by atoms with van der Waals surface area (Å²) < 4.78 is 43.3. The standard InChI is InChI=1S/C11H13F3O2/c1-7(2)16-9-5-3-4-8(6-15)10(9)11(12,13)14/h3-5,7,15H,6H2,1-2H3. The first-order valence-electron chi connectivity index (χ1n) is 4.83. The molecule has 0 aromatic heterocycles. The second kappa shape index (κ2) is 4.74. The first kappa shape index (κ1) is 12.8. The van der Waals surface area contributed by atoms with Crippen LogP contribution in [0.5, 0.6) is 5.75 Å². The highest BCUT2D eigenvalue weighted by Gasteiger charge is 2.37. The van der Waals surface area contributed by atoms with E-state index in [1.807, 2.05) is 0 Å². The fourth-order valence-electron chi connectivity index (χ4n) is 1.38. The Morgan fingerprint density at radius 2 is 1.94 bits per heavy atom. The molecule has 0 aliphatic heterocycles. The summed E-state index contributed by atoms with van der Waals surface area (Å²) in [6.07, 6.45) is -4.88. The largest absolute Gasteiger partial charge is 0.490 e. The third kappa shape index (κ3) is 2.88. The maximum Gasteiger partial charge on any atom is 0.420 e. The molecule has 1 aromatic carbocycles. The molecular formula is C11H13F3O2. The Kier molecular flexibility index (Phi) is 3.80. The molecule has 0 fully saturated rings. The molecule has 0 unspecified atom stereocenters.